The number of nitrogens with one attached hydrogen (secondary N) is 2. The molecule has 1 amide bonds. The molecular formula is C21H22N2O3. The maximum Gasteiger partial charge on any atom is 0.255 e. The summed E-state index contributed by atoms with van der Waals surface area (Å²) in [6, 6.07) is 15.0. The van der Waals surface area contributed by atoms with Crippen LogP contribution < -0.4 is 15.6 Å². The van der Waals surface area contributed by atoms with E-state index in [1.807, 2.05) is 44.2 Å². The summed E-state index contributed by atoms with van der Waals surface area (Å²) in [5.74, 6) is 0.355. The van der Waals surface area contributed by atoms with Gasteiger partial charge in [-0.25, -0.2) is 0 Å². The molecule has 0 radical (unpaired) electrons. The molecule has 26 heavy (non-hydrogen) atoms. The van der Waals surface area contributed by atoms with Gasteiger partial charge in [0, 0.05) is 17.6 Å². The lowest BCUT2D eigenvalue weighted by molar-refractivity contribution is 0.0950. The highest BCUT2D eigenvalue weighted by atomic mass is 16.5. The summed E-state index contributed by atoms with van der Waals surface area (Å²) in [4.78, 5) is 27.5. The molecule has 5 heteroatoms. The fourth-order valence-corrected chi connectivity index (χ4v) is 2.89. The van der Waals surface area contributed by atoms with E-state index in [0.717, 1.165) is 16.5 Å². The van der Waals surface area contributed by atoms with Crippen LogP contribution in [0.15, 0.2) is 53.3 Å². The van der Waals surface area contributed by atoms with Crippen molar-refractivity contribution >= 4 is 16.8 Å². The van der Waals surface area contributed by atoms with Gasteiger partial charge < -0.3 is 15.0 Å². The number of fused-ring (bicyclic) bond motifs is 1. The first kappa shape index (κ1) is 17.7. The monoisotopic (exact) mass is 350 g/mol. The second-order valence-corrected chi connectivity index (χ2v) is 6.15. The third kappa shape index (κ3) is 3.94. The van der Waals surface area contributed by atoms with Crippen molar-refractivity contribution in [2.75, 3.05) is 13.2 Å². The Kier molecular flexibility index (Phi) is 5.37. The molecule has 0 saturated carbocycles. The van der Waals surface area contributed by atoms with Crippen LogP contribution in [0.5, 0.6) is 5.75 Å². The Morgan fingerprint density at radius 1 is 1.15 bits per heavy atom. The van der Waals surface area contributed by atoms with Gasteiger partial charge in [0.05, 0.1) is 12.2 Å². The molecule has 0 unspecified atom stereocenters. The molecular weight excluding hydrogens is 328 g/mol. The molecule has 0 bridgehead atoms. The third-order valence-corrected chi connectivity index (χ3v) is 4.19. The average molecular weight is 350 g/mol. The molecule has 0 spiro atoms. The lowest BCUT2D eigenvalue weighted by atomic mass is 10.1. The first-order chi connectivity index (χ1) is 12.6. The molecule has 1 aromatic heterocycles. The average Bonchev–Trinajstić information content (AvgIpc) is 2.63. The van der Waals surface area contributed by atoms with E-state index in [2.05, 4.69) is 10.3 Å². The maximum atomic E-state index is 12.4. The van der Waals surface area contributed by atoms with Crippen LogP contribution in [0.1, 0.15) is 28.4 Å². The first-order valence-corrected chi connectivity index (χ1v) is 8.71. The Morgan fingerprint density at radius 2 is 1.96 bits per heavy atom. The van der Waals surface area contributed by atoms with Crippen LogP contribution >= 0.6 is 0 Å². The predicted octanol–water partition coefficient (Wildman–Crippen LogP) is 3.21. The molecule has 0 saturated heterocycles. The smallest absolute Gasteiger partial charge is 0.255 e. The molecule has 2 N–H and O–H groups in total. The van der Waals surface area contributed by atoms with Crippen LogP contribution in [0.4, 0.5) is 0 Å². The van der Waals surface area contributed by atoms with Gasteiger partial charge in [0.15, 0.2) is 0 Å². The summed E-state index contributed by atoms with van der Waals surface area (Å²) < 4.78 is 5.48. The van der Waals surface area contributed by atoms with Gasteiger partial charge >= 0.3 is 0 Å². The van der Waals surface area contributed by atoms with Gasteiger partial charge in [-0.15, -0.1) is 0 Å². The van der Waals surface area contributed by atoms with Crippen molar-refractivity contribution < 1.29 is 9.53 Å². The van der Waals surface area contributed by atoms with Gasteiger partial charge in [-0.1, -0.05) is 24.3 Å². The summed E-state index contributed by atoms with van der Waals surface area (Å²) in [5.41, 5.74) is 2.96. The van der Waals surface area contributed by atoms with E-state index in [9.17, 15) is 9.59 Å². The molecule has 1 heterocycles. The molecule has 0 aliphatic carbocycles. The molecule has 134 valence electrons. The van der Waals surface area contributed by atoms with E-state index in [0.29, 0.717) is 36.4 Å². The van der Waals surface area contributed by atoms with Gasteiger partial charge in [0.2, 0.25) is 0 Å². The number of hydrogen-bond acceptors (Lipinski definition) is 3. The van der Waals surface area contributed by atoms with Crippen LogP contribution in [0.3, 0.4) is 0 Å². The van der Waals surface area contributed by atoms with Gasteiger partial charge in [-0.05, 0) is 55.5 Å². The first-order valence-electron chi connectivity index (χ1n) is 8.71. The van der Waals surface area contributed by atoms with Crippen molar-refractivity contribution in [3.8, 4) is 5.75 Å². The van der Waals surface area contributed by atoms with Crippen molar-refractivity contribution in [2.24, 2.45) is 0 Å². The topological polar surface area (TPSA) is 71.2 Å². The molecule has 0 atom stereocenters. The van der Waals surface area contributed by atoms with Gasteiger partial charge in [0.25, 0.3) is 11.5 Å². The standard InChI is InChI=1S/C21H22N2O3/c1-3-26-19-7-5-4-6-17(19)21(25)22-11-10-16-13-15-9-8-14(2)12-18(15)23-20(16)24/h4-9,12-13H,3,10-11H2,1-2H3,(H,22,25)(H,23,24). The van der Waals surface area contributed by atoms with E-state index >= 15 is 0 Å². The zero-order valence-electron chi connectivity index (χ0n) is 15.0. The van der Waals surface area contributed by atoms with Gasteiger partial charge in [0.1, 0.15) is 5.75 Å². The molecule has 5 nitrogen and oxygen atoms in total. The lowest BCUT2D eigenvalue weighted by Crippen LogP contribution is -2.27. The number of carbonyl (C=O) groups is 1. The number of benzene rings is 2. The SMILES string of the molecule is CCOc1ccccc1C(=O)NCCc1cc2ccc(C)cc2[nH]c1=O. The molecule has 3 rings (SSSR count). The maximum absolute atomic E-state index is 12.4. The summed E-state index contributed by atoms with van der Waals surface area (Å²) in [5, 5.41) is 3.84. The minimum Gasteiger partial charge on any atom is -0.493 e. The second kappa shape index (κ2) is 7.87. The van der Waals surface area contributed by atoms with Crippen molar-refractivity contribution in [3.63, 3.8) is 0 Å². The Balaban J connectivity index is 1.69. The molecule has 3 aromatic rings. The number of aryl methyl sites for hydroxylation is 1. The number of amides is 1. The zero-order valence-corrected chi connectivity index (χ0v) is 15.0. The number of aromatic amines is 1. The molecule has 0 aliphatic rings. The van der Waals surface area contributed by atoms with Gasteiger partial charge in [-0.3, -0.25) is 9.59 Å². The number of carbonyl (C=O) groups excluding carboxylic acids is 1. The highest BCUT2D eigenvalue weighted by Crippen LogP contribution is 2.17. The number of pyridine rings is 1. The quantitative estimate of drug-likeness (QED) is 0.717. The highest BCUT2D eigenvalue weighted by Gasteiger charge is 2.11. The summed E-state index contributed by atoms with van der Waals surface area (Å²) in [7, 11) is 0. The van der Waals surface area contributed by atoms with Crippen LogP contribution in [0, 0.1) is 6.92 Å². The number of H-pyrrole nitrogens is 1. The molecule has 2 aromatic carbocycles. The number of ether oxygens (including phenoxy) is 1. The third-order valence-electron chi connectivity index (χ3n) is 4.19. The van der Waals surface area contributed by atoms with Crippen LogP contribution in [0.2, 0.25) is 0 Å². The Hall–Kier alpha value is -3.08. The van der Waals surface area contributed by atoms with E-state index in [1.165, 1.54) is 0 Å². The molecule has 0 fully saturated rings. The molecule has 0 aliphatic heterocycles. The second-order valence-electron chi connectivity index (χ2n) is 6.15. The number of hydrogen-bond donors (Lipinski definition) is 2. The van der Waals surface area contributed by atoms with Crippen LogP contribution in [-0.4, -0.2) is 24.0 Å². The summed E-state index contributed by atoms with van der Waals surface area (Å²) >= 11 is 0. The normalized spacial score (nSPS) is 10.7. The summed E-state index contributed by atoms with van der Waals surface area (Å²) in [6.45, 7) is 4.74. The fraction of sp³-hybridized carbons (Fsp3) is 0.238. The van der Waals surface area contributed by atoms with E-state index in [1.54, 1.807) is 18.2 Å². The number of rotatable bonds is 6. The Labute approximate surface area is 152 Å². The fourth-order valence-electron chi connectivity index (χ4n) is 2.89. The minimum atomic E-state index is -0.207. The largest absolute Gasteiger partial charge is 0.493 e. The van der Waals surface area contributed by atoms with E-state index in [-0.39, 0.29) is 11.5 Å². The Morgan fingerprint density at radius 3 is 2.77 bits per heavy atom. The van der Waals surface area contributed by atoms with Crippen molar-refractivity contribution in [2.45, 2.75) is 20.3 Å². The zero-order chi connectivity index (χ0) is 18.5. The van der Waals surface area contributed by atoms with Crippen LogP contribution in [-0.2, 0) is 6.42 Å². The van der Waals surface area contributed by atoms with E-state index in [4.69, 9.17) is 4.74 Å². The van der Waals surface area contributed by atoms with Gasteiger partial charge in [-0.2, -0.15) is 0 Å². The predicted molar refractivity (Wildman–Crippen MR) is 103 cm³/mol. The number of para-hydroxylation sites is 1. The van der Waals surface area contributed by atoms with Crippen LogP contribution in [0.25, 0.3) is 10.9 Å². The van der Waals surface area contributed by atoms with Crippen molar-refractivity contribution in [3.05, 3.63) is 75.6 Å². The van der Waals surface area contributed by atoms with Crippen molar-refractivity contribution in [1.29, 1.82) is 0 Å². The minimum absolute atomic E-state index is 0.118. The number of aromatic nitrogens is 1. The van der Waals surface area contributed by atoms with E-state index < -0.39 is 0 Å². The highest BCUT2D eigenvalue weighted by molar-refractivity contribution is 5.96. The Bertz CT molecular complexity index is 992. The summed E-state index contributed by atoms with van der Waals surface area (Å²) in [6.07, 6.45) is 0.460. The van der Waals surface area contributed by atoms with Crippen molar-refractivity contribution in [1.82, 2.24) is 10.3 Å². The lowest BCUT2D eigenvalue weighted by Gasteiger charge is -2.10.